The third-order valence-electron chi connectivity index (χ3n) is 5.98. The summed E-state index contributed by atoms with van der Waals surface area (Å²) >= 11 is 0. The van der Waals surface area contributed by atoms with Gasteiger partial charge in [-0.3, -0.25) is 4.79 Å². The molecule has 0 saturated carbocycles. The third-order valence-corrected chi connectivity index (χ3v) is 8.02. The number of imidazole rings is 1. The highest BCUT2D eigenvalue weighted by Crippen LogP contribution is 2.26. The number of nitrogens with zero attached hydrogens (tertiary/aromatic N) is 3. The van der Waals surface area contributed by atoms with Crippen molar-refractivity contribution in [3.63, 3.8) is 0 Å². The van der Waals surface area contributed by atoms with E-state index in [4.69, 9.17) is 0 Å². The van der Waals surface area contributed by atoms with Crippen LogP contribution in [0.1, 0.15) is 52.6 Å². The van der Waals surface area contributed by atoms with E-state index in [0.717, 1.165) is 19.3 Å². The first kappa shape index (κ1) is 23.1. The number of benzene rings is 2. The van der Waals surface area contributed by atoms with Crippen LogP contribution in [0.4, 0.5) is 4.39 Å². The molecule has 1 N–H and O–H groups in total. The van der Waals surface area contributed by atoms with Crippen molar-refractivity contribution in [2.45, 2.75) is 37.1 Å². The van der Waals surface area contributed by atoms with Crippen LogP contribution in [-0.4, -0.2) is 41.3 Å². The molecule has 7 nitrogen and oxygen atoms in total. The van der Waals surface area contributed by atoms with Crippen LogP contribution in [0, 0.1) is 12.7 Å². The lowest BCUT2D eigenvalue weighted by molar-refractivity contribution is 0.0941. The number of amides is 1. The first-order chi connectivity index (χ1) is 15.8. The largest absolute Gasteiger partial charge is 0.338 e. The molecule has 0 aliphatic carbocycles. The Labute approximate surface area is 193 Å². The molecule has 2 heterocycles. The lowest BCUT2D eigenvalue weighted by Crippen LogP contribution is -2.36. The molecular formula is C24H27FN4O3S. The molecule has 3 aromatic rings. The van der Waals surface area contributed by atoms with Crippen LogP contribution in [0.3, 0.4) is 0 Å². The third kappa shape index (κ3) is 4.84. The number of halogens is 1. The van der Waals surface area contributed by atoms with E-state index in [1.165, 1.54) is 22.5 Å². The van der Waals surface area contributed by atoms with Crippen molar-refractivity contribution in [2.24, 2.45) is 7.05 Å². The van der Waals surface area contributed by atoms with Crippen molar-refractivity contribution < 1.29 is 17.6 Å². The van der Waals surface area contributed by atoms with Gasteiger partial charge in [-0.25, -0.2) is 17.8 Å². The van der Waals surface area contributed by atoms with E-state index in [2.05, 4.69) is 10.3 Å². The van der Waals surface area contributed by atoms with Gasteiger partial charge in [0.25, 0.3) is 5.91 Å². The molecule has 1 saturated heterocycles. The van der Waals surface area contributed by atoms with Crippen molar-refractivity contribution in [1.29, 1.82) is 0 Å². The maximum atomic E-state index is 13.5. The number of nitrogens with one attached hydrogen (secondary N) is 1. The van der Waals surface area contributed by atoms with E-state index in [1.807, 2.05) is 0 Å². The molecule has 33 heavy (non-hydrogen) atoms. The SMILES string of the molecule is Cc1ccc(C(=O)N[C@@H](c2ccc(F)cc2)c2nccn2C)cc1S(=O)(=O)N1CCCCC1. The number of hydrogen-bond acceptors (Lipinski definition) is 4. The van der Waals surface area contributed by atoms with E-state index in [-0.39, 0.29) is 16.3 Å². The molecule has 0 unspecified atom stereocenters. The Kier molecular flexibility index (Phi) is 6.62. The zero-order valence-corrected chi connectivity index (χ0v) is 19.5. The van der Waals surface area contributed by atoms with Crippen LogP contribution in [-0.2, 0) is 17.1 Å². The molecule has 0 bridgehead atoms. The Morgan fingerprint density at radius 3 is 2.42 bits per heavy atom. The predicted octanol–water partition coefficient (Wildman–Crippen LogP) is 3.56. The summed E-state index contributed by atoms with van der Waals surface area (Å²) in [6.45, 7) is 2.71. The minimum absolute atomic E-state index is 0.146. The van der Waals surface area contributed by atoms with Gasteiger partial charge >= 0.3 is 0 Å². The Morgan fingerprint density at radius 1 is 1.09 bits per heavy atom. The smallest absolute Gasteiger partial charge is 0.252 e. The fourth-order valence-corrected chi connectivity index (χ4v) is 5.85. The highest BCUT2D eigenvalue weighted by atomic mass is 32.2. The van der Waals surface area contributed by atoms with Gasteiger partial charge in [-0.15, -0.1) is 0 Å². The Bertz CT molecular complexity index is 1250. The average Bonchev–Trinajstić information content (AvgIpc) is 3.24. The zero-order chi connectivity index (χ0) is 23.6. The van der Waals surface area contributed by atoms with Crippen LogP contribution >= 0.6 is 0 Å². The number of carbonyl (C=O) groups excluding carboxylic acids is 1. The van der Waals surface area contributed by atoms with Crippen LogP contribution < -0.4 is 5.32 Å². The van der Waals surface area contributed by atoms with Gasteiger partial charge in [0, 0.05) is 38.1 Å². The van der Waals surface area contributed by atoms with Gasteiger partial charge in [0.15, 0.2) is 0 Å². The molecule has 1 fully saturated rings. The summed E-state index contributed by atoms with van der Waals surface area (Å²) in [4.78, 5) is 17.7. The highest BCUT2D eigenvalue weighted by molar-refractivity contribution is 7.89. The monoisotopic (exact) mass is 470 g/mol. The Balaban J connectivity index is 1.66. The molecule has 174 valence electrons. The van der Waals surface area contributed by atoms with E-state index >= 15 is 0 Å². The summed E-state index contributed by atoms with van der Waals surface area (Å²) in [6.07, 6.45) is 6.06. The number of hydrogen-bond donors (Lipinski definition) is 1. The van der Waals surface area contributed by atoms with Crippen LogP contribution in [0.15, 0.2) is 59.8 Å². The van der Waals surface area contributed by atoms with Gasteiger partial charge in [0.2, 0.25) is 10.0 Å². The maximum Gasteiger partial charge on any atom is 0.252 e. The molecule has 1 aromatic heterocycles. The van der Waals surface area contributed by atoms with Gasteiger partial charge in [-0.1, -0.05) is 24.6 Å². The summed E-state index contributed by atoms with van der Waals surface area (Å²) in [5, 5.41) is 2.94. The second kappa shape index (κ2) is 9.44. The van der Waals surface area contributed by atoms with Crippen molar-refractivity contribution in [1.82, 2.24) is 19.2 Å². The average molecular weight is 471 g/mol. The molecule has 0 radical (unpaired) electrons. The van der Waals surface area contributed by atoms with E-state index in [0.29, 0.717) is 30.0 Å². The van der Waals surface area contributed by atoms with Crippen LogP contribution in [0.5, 0.6) is 0 Å². The summed E-state index contributed by atoms with van der Waals surface area (Å²) in [5.41, 5.74) is 1.49. The molecule has 1 amide bonds. The van der Waals surface area contributed by atoms with Gasteiger partial charge in [-0.2, -0.15) is 4.31 Å². The number of piperidine rings is 1. The van der Waals surface area contributed by atoms with Gasteiger partial charge in [0.1, 0.15) is 17.7 Å². The van der Waals surface area contributed by atoms with E-state index < -0.39 is 22.0 Å². The molecule has 1 aliphatic heterocycles. The van der Waals surface area contributed by atoms with Crippen LogP contribution in [0.2, 0.25) is 0 Å². The molecule has 9 heteroatoms. The summed E-state index contributed by atoms with van der Waals surface area (Å²) < 4.78 is 43.2. The van der Waals surface area contributed by atoms with Crippen molar-refractivity contribution >= 4 is 15.9 Å². The molecule has 0 spiro atoms. The van der Waals surface area contributed by atoms with Gasteiger partial charge in [0.05, 0.1) is 4.90 Å². The Hall–Kier alpha value is -3.04. The quantitative estimate of drug-likeness (QED) is 0.597. The topological polar surface area (TPSA) is 84.3 Å². The first-order valence-corrected chi connectivity index (χ1v) is 12.4. The van der Waals surface area contributed by atoms with Crippen molar-refractivity contribution in [3.8, 4) is 0 Å². The fourth-order valence-electron chi connectivity index (χ4n) is 4.09. The zero-order valence-electron chi connectivity index (χ0n) is 18.7. The maximum absolute atomic E-state index is 13.5. The van der Waals surface area contributed by atoms with Gasteiger partial charge in [-0.05, 0) is 55.2 Å². The summed E-state index contributed by atoms with van der Waals surface area (Å²) in [7, 11) is -1.88. The highest BCUT2D eigenvalue weighted by Gasteiger charge is 2.29. The number of aromatic nitrogens is 2. The first-order valence-electron chi connectivity index (χ1n) is 10.9. The number of carbonyl (C=O) groups is 1. The van der Waals surface area contributed by atoms with Gasteiger partial charge < -0.3 is 9.88 Å². The van der Waals surface area contributed by atoms with E-state index in [9.17, 15) is 17.6 Å². The van der Waals surface area contributed by atoms with Crippen molar-refractivity contribution in [3.05, 3.63) is 83.2 Å². The second-order valence-electron chi connectivity index (χ2n) is 8.30. The number of sulfonamides is 1. The summed E-state index contributed by atoms with van der Waals surface area (Å²) in [6, 6.07) is 9.90. The molecule has 2 aromatic carbocycles. The van der Waals surface area contributed by atoms with Crippen LogP contribution in [0.25, 0.3) is 0 Å². The second-order valence-corrected chi connectivity index (χ2v) is 10.2. The molecule has 1 atom stereocenters. The van der Waals surface area contributed by atoms with E-state index in [1.54, 1.807) is 55.2 Å². The number of aryl methyl sites for hydroxylation is 2. The lowest BCUT2D eigenvalue weighted by atomic mass is 10.0. The standard InChI is InChI=1S/C24H27FN4O3S/c1-17-6-7-19(16-21(17)33(31,32)29-13-4-3-5-14-29)24(30)27-22(23-26-12-15-28(23)2)18-8-10-20(25)11-9-18/h6-12,15-16,22H,3-5,13-14H2,1-2H3,(H,27,30)/t22-/m0/s1. The van der Waals surface area contributed by atoms with Crippen molar-refractivity contribution in [2.75, 3.05) is 13.1 Å². The predicted molar refractivity (Wildman–Crippen MR) is 123 cm³/mol. The summed E-state index contributed by atoms with van der Waals surface area (Å²) in [5.74, 6) is -0.250. The lowest BCUT2D eigenvalue weighted by Gasteiger charge is -2.26. The molecular weight excluding hydrogens is 443 g/mol. The molecule has 4 rings (SSSR count). The minimum atomic E-state index is -3.69. The number of rotatable bonds is 6. The Morgan fingerprint density at radius 2 is 1.79 bits per heavy atom. The molecule has 1 aliphatic rings. The fraction of sp³-hybridized carbons (Fsp3) is 0.333. The minimum Gasteiger partial charge on any atom is -0.338 e. The normalized spacial score (nSPS) is 15.8.